The number of benzene rings is 1. The number of hydrogen-bond donors (Lipinski definition) is 0. The maximum Gasteiger partial charge on any atom is 1.00 e. The van der Waals surface area contributed by atoms with Crippen molar-refractivity contribution in [1.82, 2.24) is 0 Å². The third-order valence-electron chi connectivity index (χ3n) is 4.33. The fraction of sp³-hybridized carbons (Fsp3) is 0.684. The monoisotopic (exact) mass is 410 g/mol. The summed E-state index contributed by atoms with van der Waals surface area (Å²) in [6, 6.07) is 2.89. The molecule has 8 heteroatoms. The van der Waals surface area contributed by atoms with Crippen LogP contribution in [-0.2, 0) is 21.3 Å². The quantitative estimate of drug-likeness (QED) is 0.271. The van der Waals surface area contributed by atoms with Gasteiger partial charge in [0.05, 0.1) is 18.6 Å². The van der Waals surface area contributed by atoms with E-state index >= 15 is 0 Å². The van der Waals surface area contributed by atoms with E-state index in [9.17, 15) is 13.0 Å². The van der Waals surface area contributed by atoms with Gasteiger partial charge < -0.3 is 18.8 Å². The standard InChI is InChI=1S/C19H32O6S.Na/c1-5-10-24-11-8-9-16-12-17(23-4)18(13-19(16)26(20,21)22)25-14-15(6-2)7-3;/h12-13,15H,5-11,14H2,1-4H3,(H,20,21,22);/q;+1/p-1. The number of hydrogen-bond acceptors (Lipinski definition) is 6. The van der Waals surface area contributed by atoms with Crippen molar-refractivity contribution in [2.75, 3.05) is 26.9 Å². The molecule has 0 bridgehead atoms. The van der Waals surface area contributed by atoms with Crippen molar-refractivity contribution < 1.29 is 56.7 Å². The van der Waals surface area contributed by atoms with Gasteiger partial charge in [-0.3, -0.25) is 0 Å². The van der Waals surface area contributed by atoms with E-state index in [2.05, 4.69) is 13.8 Å². The Labute approximate surface area is 186 Å². The van der Waals surface area contributed by atoms with Gasteiger partial charge in [0, 0.05) is 19.3 Å². The van der Waals surface area contributed by atoms with E-state index in [0.29, 0.717) is 55.6 Å². The van der Waals surface area contributed by atoms with Crippen LogP contribution in [0.5, 0.6) is 11.5 Å². The zero-order chi connectivity index (χ0) is 19.6. The third-order valence-corrected chi connectivity index (χ3v) is 5.25. The second kappa shape index (κ2) is 13.8. The first-order chi connectivity index (χ1) is 12.4. The number of aryl methyl sites for hydroxylation is 1. The molecule has 0 spiro atoms. The minimum atomic E-state index is -4.60. The molecule has 1 aromatic rings. The van der Waals surface area contributed by atoms with Gasteiger partial charge in [-0.1, -0.05) is 33.6 Å². The van der Waals surface area contributed by atoms with Crippen molar-refractivity contribution in [3.05, 3.63) is 17.7 Å². The second-order valence-corrected chi connectivity index (χ2v) is 7.62. The van der Waals surface area contributed by atoms with Crippen molar-refractivity contribution in [3.8, 4) is 11.5 Å². The minimum Gasteiger partial charge on any atom is -0.744 e. The molecule has 27 heavy (non-hydrogen) atoms. The van der Waals surface area contributed by atoms with Gasteiger partial charge in [0.25, 0.3) is 0 Å². The van der Waals surface area contributed by atoms with Crippen molar-refractivity contribution >= 4 is 10.1 Å². The molecular formula is C19H31NaO6S. The molecule has 6 nitrogen and oxygen atoms in total. The maximum absolute atomic E-state index is 11.7. The SMILES string of the molecule is CCCOCCCc1cc(OC)c(OCC(CC)CC)cc1S(=O)(=O)[O-].[Na+]. The number of methoxy groups -OCH3 is 1. The summed E-state index contributed by atoms with van der Waals surface area (Å²) in [4.78, 5) is -0.242. The molecule has 0 fully saturated rings. The molecule has 1 aromatic carbocycles. The van der Waals surface area contributed by atoms with Crippen LogP contribution in [0.15, 0.2) is 17.0 Å². The summed E-state index contributed by atoms with van der Waals surface area (Å²) < 4.78 is 51.7. The summed E-state index contributed by atoms with van der Waals surface area (Å²) in [6.07, 6.45) is 3.89. The fourth-order valence-electron chi connectivity index (χ4n) is 2.63. The molecule has 0 aromatic heterocycles. The summed E-state index contributed by atoms with van der Waals surface area (Å²) in [5.74, 6) is 1.09. The fourth-order valence-corrected chi connectivity index (χ4v) is 3.36. The summed E-state index contributed by atoms with van der Waals surface area (Å²) in [7, 11) is -3.11. The summed E-state index contributed by atoms with van der Waals surface area (Å²) >= 11 is 0. The van der Waals surface area contributed by atoms with Gasteiger partial charge in [-0.15, -0.1) is 0 Å². The average Bonchev–Trinajstić information content (AvgIpc) is 2.61. The van der Waals surface area contributed by atoms with Crippen LogP contribution in [0.25, 0.3) is 0 Å². The Bertz CT molecular complexity index is 644. The minimum absolute atomic E-state index is 0. The van der Waals surface area contributed by atoms with Crippen molar-refractivity contribution in [1.29, 1.82) is 0 Å². The van der Waals surface area contributed by atoms with Crippen LogP contribution in [0.1, 0.15) is 52.0 Å². The normalized spacial score (nSPS) is 11.3. The Kier molecular flexibility index (Phi) is 13.6. The van der Waals surface area contributed by atoms with Crippen molar-refractivity contribution in [3.63, 3.8) is 0 Å². The van der Waals surface area contributed by atoms with E-state index in [-0.39, 0.29) is 34.5 Å². The first kappa shape index (κ1) is 26.7. The van der Waals surface area contributed by atoms with E-state index in [1.165, 1.54) is 13.2 Å². The van der Waals surface area contributed by atoms with Crippen LogP contribution < -0.4 is 39.0 Å². The molecule has 0 unspecified atom stereocenters. The van der Waals surface area contributed by atoms with Crippen LogP contribution >= 0.6 is 0 Å². The van der Waals surface area contributed by atoms with Crippen molar-refractivity contribution in [2.24, 2.45) is 5.92 Å². The average molecular weight is 411 g/mol. The molecule has 0 amide bonds. The molecule has 0 saturated heterocycles. The second-order valence-electron chi connectivity index (χ2n) is 6.27. The number of ether oxygens (including phenoxy) is 3. The summed E-state index contributed by atoms with van der Waals surface area (Å²) in [5.41, 5.74) is 0.437. The molecule has 0 aliphatic heterocycles. The van der Waals surface area contributed by atoms with Crippen LogP contribution in [0.4, 0.5) is 0 Å². The van der Waals surface area contributed by atoms with Gasteiger partial charge in [0.1, 0.15) is 10.1 Å². The first-order valence-corrected chi connectivity index (χ1v) is 10.6. The van der Waals surface area contributed by atoms with Crippen molar-refractivity contribution in [2.45, 2.75) is 57.8 Å². The zero-order valence-corrected chi connectivity index (χ0v) is 20.1. The number of rotatable bonds is 13. The summed E-state index contributed by atoms with van der Waals surface area (Å²) in [5, 5.41) is 0. The largest absolute Gasteiger partial charge is 1.00 e. The Hall–Kier alpha value is -0.310. The molecule has 0 aliphatic carbocycles. The van der Waals surface area contributed by atoms with Gasteiger partial charge >= 0.3 is 29.6 Å². The first-order valence-electron chi connectivity index (χ1n) is 9.24. The third kappa shape index (κ3) is 9.15. The van der Waals surface area contributed by atoms with Gasteiger partial charge in [-0.2, -0.15) is 0 Å². The molecule has 1 rings (SSSR count). The van der Waals surface area contributed by atoms with E-state index in [1.807, 2.05) is 6.92 Å². The van der Waals surface area contributed by atoms with Gasteiger partial charge in [0.15, 0.2) is 11.5 Å². The summed E-state index contributed by atoms with van der Waals surface area (Å²) in [6.45, 7) is 7.80. The Morgan fingerprint density at radius 3 is 2.26 bits per heavy atom. The molecule has 0 saturated carbocycles. The van der Waals surface area contributed by atoms with E-state index in [1.54, 1.807) is 6.07 Å². The van der Waals surface area contributed by atoms with Gasteiger partial charge in [-0.25, -0.2) is 8.42 Å². The molecule has 150 valence electrons. The van der Waals surface area contributed by atoms with Crippen LogP contribution in [0, 0.1) is 5.92 Å². The maximum atomic E-state index is 11.7. The zero-order valence-electron chi connectivity index (χ0n) is 17.2. The Morgan fingerprint density at radius 2 is 1.74 bits per heavy atom. The molecule has 0 aliphatic rings. The van der Waals surface area contributed by atoms with E-state index in [0.717, 1.165) is 19.3 Å². The van der Waals surface area contributed by atoms with Crippen LogP contribution in [0.3, 0.4) is 0 Å². The predicted molar refractivity (Wildman–Crippen MR) is 100.0 cm³/mol. The van der Waals surface area contributed by atoms with Crippen LogP contribution in [-0.4, -0.2) is 39.9 Å². The van der Waals surface area contributed by atoms with Gasteiger partial charge in [-0.05, 0) is 36.8 Å². The topological polar surface area (TPSA) is 84.9 Å². The Morgan fingerprint density at radius 1 is 1.07 bits per heavy atom. The molecule has 0 radical (unpaired) electrons. The van der Waals surface area contributed by atoms with E-state index < -0.39 is 10.1 Å². The van der Waals surface area contributed by atoms with Crippen LogP contribution in [0.2, 0.25) is 0 Å². The molecule has 0 N–H and O–H groups in total. The molecule has 0 heterocycles. The smallest absolute Gasteiger partial charge is 0.744 e. The Balaban J connectivity index is 0.00000676. The molecular weight excluding hydrogens is 379 g/mol. The van der Waals surface area contributed by atoms with E-state index in [4.69, 9.17) is 14.2 Å². The molecule has 0 atom stereocenters. The predicted octanol–water partition coefficient (Wildman–Crippen LogP) is 0.778. The van der Waals surface area contributed by atoms with Gasteiger partial charge in [0.2, 0.25) is 0 Å².